The summed E-state index contributed by atoms with van der Waals surface area (Å²) in [5.74, 6) is 0. The number of hydrogen-bond acceptors (Lipinski definition) is 2. The molecule has 0 amide bonds. The van der Waals surface area contributed by atoms with Gasteiger partial charge in [-0.1, -0.05) is 42.8 Å². The molecule has 2 rings (SSSR count). The summed E-state index contributed by atoms with van der Waals surface area (Å²) in [6.45, 7) is 2.73. The topological polar surface area (TPSA) is 38.9 Å². The van der Waals surface area contributed by atoms with E-state index in [0.29, 0.717) is 6.54 Å². The number of rotatable bonds is 3. The van der Waals surface area contributed by atoms with Crippen molar-refractivity contribution in [3.63, 3.8) is 0 Å². The van der Waals surface area contributed by atoms with Crippen LogP contribution in [0.3, 0.4) is 0 Å². The summed E-state index contributed by atoms with van der Waals surface area (Å²) < 4.78 is 0. The highest BCUT2D eigenvalue weighted by molar-refractivity contribution is 5.89. The zero-order valence-corrected chi connectivity index (χ0v) is 9.48. The van der Waals surface area contributed by atoms with Gasteiger partial charge in [-0.15, -0.1) is 0 Å². The van der Waals surface area contributed by atoms with Crippen molar-refractivity contribution in [3.05, 3.63) is 47.8 Å². The van der Waals surface area contributed by atoms with Gasteiger partial charge in [0, 0.05) is 29.9 Å². The van der Waals surface area contributed by atoms with E-state index in [0.717, 1.165) is 12.0 Å². The van der Waals surface area contributed by atoms with E-state index in [1.165, 1.54) is 16.3 Å². The van der Waals surface area contributed by atoms with Crippen molar-refractivity contribution >= 4 is 16.8 Å². The van der Waals surface area contributed by atoms with Gasteiger partial charge < -0.3 is 5.73 Å². The summed E-state index contributed by atoms with van der Waals surface area (Å²) in [6, 6.07) is 8.27. The van der Waals surface area contributed by atoms with Crippen molar-refractivity contribution in [1.29, 1.82) is 0 Å². The monoisotopic (exact) mass is 212 g/mol. The lowest BCUT2D eigenvalue weighted by Gasteiger charge is -2.04. The number of nitrogens with zero attached hydrogens (tertiary/aromatic N) is 1. The molecule has 0 fully saturated rings. The average molecular weight is 212 g/mol. The molecule has 0 aliphatic carbocycles. The molecule has 0 bridgehead atoms. The molecule has 82 valence electrons. The van der Waals surface area contributed by atoms with Crippen LogP contribution in [-0.2, 0) is 0 Å². The first-order chi connectivity index (χ1) is 7.85. The van der Waals surface area contributed by atoms with Gasteiger partial charge in [0.2, 0.25) is 0 Å². The lowest BCUT2D eigenvalue weighted by atomic mass is 10.0. The van der Waals surface area contributed by atoms with Gasteiger partial charge in [0.1, 0.15) is 0 Å². The first-order valence-electron chi connectivity index (χ1n) is 5.57. The Morgan fingerprint density at radius 3 is 2.88 bits per heavy atom. The highest BCUT2D eigenvalue weighted by atomic mass is 14.6. The Bertz CT molecular complexity index is 504. The molecule has 2 aromatic rings. The Morgan fingerprint density at radius 2 is 2.12 bits per heavy atom. The van der Waals surface area contributed by atoms with Crippen molar-refractivity contribution in [3.8, 4) is 0 Å². The van der Waals surface area contributed by atoms with E-state index < -0.39 is 0 Å². The standard InChI is InChI=1S/C14H16N2/c1-2-11(8-15)7-13-10-16-9-12-5-3-4-6-14(12)13/h3-7,9-10H,2,8,15H2,1H3/b11-7-. The molecule has 2 nitrogen and oxygen atoms in total. The highest BCUT2D eigenvalue weighted by Crippen LogP contribution is 2.19. The Labute approximate surface area is 95.8 Å². The third kappa shape index (κ3) is 2.12. The largest absolute Gasteiger partial charge is 0.327 e. The van der Waals surface area contributed by atoms with Crippen LogP contribution in [-0.4, -0.2) is 11.5 Å². The molecule has 2 N–H and O–H groups in total. The van der Waals surface area contributed by atoms with Gasteiger partial charge in [-0.3, -0.25) is 4.98 Å². The number of nitrogens with two attached hydrogens (primary N) is 1. The van der Waals surface area contributed by atoms with Crippen LogP contribution >= 0.6 is 0 Å². The van der Waals surface area contributed by atoms with Crippen molar-refractivity contribution in [2.24, 2.45) is 5.73 Å². The smallest absolute Gasteiger partial charge is 0.0346 e. The van der Waals surface area contributed by atoms with Crippen LogP contribution in [0.4, 0.5) is 0 Å². The van der Waals surface area contributed by atoms with Crippen molar-refractivity contribution in [2.75, 3.05) is 6.54 Å². The summed E-state index contributed by atoms with van der Waals surface area (Å²) in [6.07, 6.45) is 6.92. The summed E-state index contributed by atoms with van der Waals surface area (Å²) in [5, 5.41) is 2.40. The van der Waals surface area contributed by atoms with Gasteiger partial charge >= 0.3 is 0 Å². The first kappa shape index (κ1) is 10.8. The molecule has 0 unspecified atom stereocenters. The third-order valence-electron chi connectivity index (χ3n) is 2.77. The van der Waals surface area contributed by atoms with Crippen LogP contribution in [0.25, 0.3) is 16.8 Å². The Kier molecular flexibility index (Phi) is 3.32. The van der Waals surface area contributed by atoms with E-state index in [1.54, 1.807) is 0 Å². The van der Waals surface area contributed by atoms with Crippen molar-refractivity contribution in [2.45, 2.75) is 13.3 Å². The summed E-state index contributed by atoms with van der Waals surface area (Å²) >= 11 is 0. The van der Waals surface area contributed by atoms with Crippen LogP contribution in [0.1, 0.15) is 18.9 Å². The van der Waals surface area contributed by atoms with E-state index in [2.05, 4.69) is 30.1 Å². The van der Waals surface area contributed by atoms with E-state index in [9.17, 15) is 0 Å². The maximum absolute atomic E-state index is 5.69. The normalized spacial score (nSPS) is 12.0. The lowest BCUT2D eigenvalue weighted by molar-refractivity contribution is 1.02. The molecule has 0 radical (unpaired) electrons. The molecule has 0 atom stereocenters. The first-order valence-corrected chi connectivity index (χ1v) is 5.57. The van der Waals surface area contributed by atoms with Crippen LogP contribution in [0.2, 0.25) is 0 Å². The predicted octanol–water partition coefficient (Wildman–Crippen LogP) is 2.99. The van der Waals surface area contributed by atoms with E-state index in [4.69, 9.17) is 5.73 Å². The molecule has 16 heavy (non-hydrogen) atoms. The molecule has 0 aliphatic rings. The molecule has 0 aliphatic heterocycles. The van der Waals surface area contributed by atoms with Crippen molar-refractivity contribution in [1.82, 2.24) is 4.98 Å². The summed E-state index contributed by atoms with van der Waals surface area (Å²) in [5.41, 5.74) is 8.09. The van der Waals surface area contributed by atoms with Crippen LogP contribution in [0.15, 0.2) is 42.2 Å². The maximum atomic E-state index is 5.69. The number of benzene rings is 1. The van der Waals surface area contributed by atoms with Gasteiger partial charge in [-0.05, 0) is 11.8 Å². The van der Waals surface area contributed by atoms with Gasteiger partial charge in [-0.2, -0.15) is 0 Å². The molecule has 1 heterocycles. The predicted molar refractivity (Wildman–Crippen MR) is 69.1 cm³/mol. The van der Waals surface area contributed by atoms with Crippen LogP contribution < -0.4 is 5.73 Å². The molecule has 1 aromatic heterocycles. The van der Waals surface area contributed by atoms with Crippen LogP contribution in [0.5, 0.6) is 0 Å². The summed E-state index contributed by atoms with van der Waals surface area (Å²) in [4.78, 5) is 4.25. The molecule has 0 spiro atoms. The van der Waals surface area contributed by atoms with E-state index >= 15 is 0 Å². The fraction of sp³-hybridized carbons (Fsp3) is 0.214. The molecular formula is C14H16N2. The summed E-state index contributed by atoms with van der Waals surface area (Å²) in [7, 11) is 0. The average Bonchev–Trinajstić information content (AvgIpc) is 2.36. The number of aromatic nitrogens is 1. The minimum Gasteiger partial charge on any atom is -0.327 e. The number of fused-ring (bicyclic) bond motifs is 1. The quantitative estimate of drug-likeness (QED) is 0.849. The number of pyridine rings is 1. The Balaban J connectivity index is 2.56. The minimum atomic E-state index is 0.611. The fourth-order valence-corrected chi connectivity index (χ4v) is 1.78. The van der Waals surface area contributed by atoms with E-state index in [1.807, 2.05) is 24.5 Å². The zero-order chi connectivity index (χ0) is 11.4. The lowest BCUT2D eigenvalue weighted by Crippen LogP contribution is -2.01. The van der Waals surface area contributed by atoms with Gasteiger partial charge in [0.15, 0.2) is 0 Å². The maximum Gasteiger partial charge on any atom is 0.0346 e. The Hall–Kier alpha value is -1.67. The minimum absolute atomic E-state index is 0.611. The molecule has 1 aromatic carbocycles. The van der Waals surface area contributed by atoms with Gasteiger partial charge in [0.05, 0.1) is 0 Å². The third-order valence-corrected chi connectivity index (χ3v) is 2.77. The Morgan fingerprint density at radius 1 is 1.31 bits per heavy atom. The van der Waals surface area contributed by atoms with Crippen LogP contribution in [0, 0.1) is 0 Å². The SMILES string of the molecule is CC/C(=C/c1cncc2ccccc12)CN. The van der Waals surface area contributed by atoms with Gasteiger partial charge in [0.25, 0.3) is 0 Å². The fourth-order valence-electron chi connectivity index (χ4n) is 1.78. The molecule has 0 saturated heterocycles. The van der Waals surface area contributed by atoms with Gasteiger partial charge in [-0.25, -0.2) is 0 Å². The van der Waals surface area contributed by atoms with Crippen molar-refractivity contribution < 1.29 is 0 Å². The van der Waals surface area contributed by atoms with E-state index in [-0.39, 0.29) is 0 Å². The second-order valence-corrected chi connectivity index (χ2v) is 3.81. The second-order valence-electron chi connectivity index (χ2n) is 3.81. The second kappa shape index (κ2) is 4.90. The zero-order valence-electron chi connectivity index (χ0n) is 9.48. The molecule has 0 saturated carbocycles. The molecule has 2 heteroatoms. The highest BCUT2D eigenvalue weighted by Gasteiger charge is 1.99. The molecular weight excluding hydrogens is 196 g/mol. The number of hydrogen-bond donors (Lipinski definition) is 1.